The van der Waals surface area contributed by atoms with Crippen molar-refractivity contribution in [3.05, 3.63) is 34.7 Å². The van der Waals surface area contributed by atoms with E-state index in [1.54, 1.807) is 12.1 Å². The Morgan fingerprint density at radius 3 is 2.62 bits per heavy atom. The third-order valence-electron chi connectivity index (χ3n) is 2.52. The fourth-order valence-corrected chi connectivity index (χ4v) is 1.48. The van der Waals surface area contributed by atoms with Crippen molar-refractivity contribution in [3.63, 3.8) is 0 Å². The molecule has 0 amide bonds. The highest BCUT2D eigenvalue weighted by Gasteiger charge is 2.15. The normalized spacial score (nSPS) is 16.9. The Bertz CT molecular complexity index is 307. The molecule has 2 rings (SSSR count). The summed E-state index contributed by atoms with van der Waals surface area (Å²) in [6.45, 7) is 3.33. The van der Waals surface area contributed by atoms with Crippen LogP contribution >= 0.6 is 0 Å². The van der Waals surface area contributed by atoms with Crippen molar-refractivity contribution in [1.82, 2.24) is 9.88 Å². The third kappa shape index (κ3) is 2.18. The number of hydrogen-bond acceptors (Lipinski definition) is 2. The number of aryl methyl sites for hydroxylation is 1. The molecule has 1 aliphatic rings. The molecular weight excluding hydrogens is 164 g/mol. The van der Waals surface area contributed by atoms with Crippen LogP contribution in [-0.2, 0) is 6.54 Å². The predicted octanol–water partition coefficient (Wildman–Crippen LogP) is 0.458. The maximum Gasteiger partial charge on any atom is 0.181 e. The van der Waals surface area contributed by atoms with Gasteiger partial charge in [0.1, 0.15) is 0 Å². The van der Waals surface area contributed by atoms with E-state index in [2.05, 4.69) is 9.88 Å². The lowest BCUT2D eigenvalue weighted by molar-refractivity contribution is 0.312. The molecule has 3 nitrogen and oxygen atoms in total. The van der Waals surface area contributed by atoms with Gasteiger partial charge in [-0.25, -0.2) is 0 Å². The molecule has 1 saturated heterocycles. The first-order valence-electron chi connectivity index (χ1n) is 4.71. The molecule has 1 fully saturated rings. The molecule has 70 valence electrons. The first-order valence-corrected chi connectivity index (χ1v) is 4.71. The van der Waals surface area contributed by atoms with Crippen LogP contribution in [0.2, 0.25) is 0 Å². The predicted molar refractivity (Wildman–Crippen MR) is 51.7 cm³/mol. The number of pyridine rings is 1. The monoisotopic (exact) mass is 178 g/mol. The van der Waals surface area contributed by atoms with Gasteiger partial charge in [0.25, 0.3) is 0 Å². The van der Waals surface area contributed by atoms with Crippen molar-refractivity contribution in [2.75, 3.05) is 13.1 Å². The molecule has 0 bridgehead atoms. The molecule has 1 aliphatic heterocycles. The van der Waals surface area contributed by atoms with Crippen LogP contribution in [0.1, 0.15) is 6.42 Å². The lowest BCUT2D eigenvalue weighted by Crippen LogP contribution is -2.42. The molecule has 0 saturated carbocycles. The van der Waals surface area contributed by atoms with Crippen molar-refractivity contribution in [2.45, 2.75) is 13.0 Å². The number of aromatic nitrogens is 1. The Hall–Kier alpha value is -1.09. The van der Waals surface area contributed by atoms with Crippen LogP contribution in [0, 0.1) is 5.92 Å². The first-order chi connectivity index (χ1) is 6.34. The van der Waals surface area contributed by atoms with E-state index in [0.717, 1.165) is 25.6 Å². The minimum absolute atomic E-state index is 0.0848. The van der Waals surface area contributed by atoms with Crippen LogP contribution < -0.4 is 10.7 Å². The summed E-state index contributed by atoms with van der Waals surface area (Å²) in [6.07, 6.45) is 4.92. The molecule has 2 heterocycles. The lowest BCUT2D eigenvalue weighted by Gasteiger charge is -2.27. The summed E-state index contributed by atoms with van der Waals surface area (Å²) < 4.78 is 2.07. The van der Waals surface area contributed by atoms with E-state index in [-0.39, 0.29) is 5.43 Å². The van der Waals surface area contributed by atoms with Crippen molar-refractivity contribution in [3.8, 4) is 0 Å². The molecule has 1 aromatic rings. The van der Waals surface area contributed by atoms with E-state index < -0.39 is 0 Å². The topological polar surface area (TPSA) is 34.0 Å². The van der Waals surface area contributed by atoms with Crippen LogP contribution in [0.25, 0.3) is 0 Å². The minimum atomic E-state index is 0.0848. The zero-order valence-electron chi connectivity index (χ0n) is 7.57. The average Bonchev–Trinajstić information content (AvgIpc) is 2.05. The maximum atomic E-state index is 10.8. The number of hydrogen-bond donors (Lipinski definition) is 1. The summed E-state index contributed by atoms with van der Waals surface area (Å²) in [5.41, 5.74) is 0.0848. The van der Waals surface area contributed by atoms with Crippen LogP contribution in [0.4, 0.5) is 0 Å². The van der Waals surface area contributed by atoms with Crippen molar-refractivity contribution in [1.29, 1.82) is 0 Å². The highest BCUT2D eigenvalue weighted by molar-refractivity contribution is 4.93. The van der Waals surface area contributed by atoms with E-state index in [9.17, 15) is 4.79 Å². The highest BCUT2D eigenvalue weighted by Crippen LogP contribution is 2.08. The van der Waals surface area contributed by atoms with E-state index in [1.807, 2.05) is 12.4 Å². The van der Waals surface area contributed by atoms with Gasteiger partial charge in [-0.1, -0.05) is 0 Å². The van der Waals surface area contributed by atoms with Crippen molar-refractivity contribution >= 4 is 0 Å². The van der Waals surface area contributed by atoms with Gasteiger partial charge in [-0.3, -0.25) is 4.79 Å². The second-order valence-corrected chi connectivity index (χ2v) is 3.58. The Labute approximate surface area is 77.4 Å². The molecule has 0 atom stereocenters. The third-order valence-corrected chi connectivity index (χ3v) is 2.52. The molecule has 1 aromatic heterocycles. The Morgan fingerprint density at radius 1 is 1.38 bits per heavy atom. The van der Waals surface area contributed by atoms with Crippen LogP contribution in [-0.4, -0.2) is 17.7 Å². The summed E-state index contributed by atoms with van der Waals surface area (Å²) >= 11 is 0. The second kappa shape index (κ2) is 3.75. The molecule has 0 radical (unpaired) electrons. The Balaban J connectivity index is 1.86. The minimum Gasteiger partial charge on any atom is -0.354 e. The molecule has 1 N–H and O–H groups in total. The average molecular weight is 178 g/mol. The van der Waals surface area contributed by atoms with Gasteiger partial charge in [-0.2, -0.15) is 0 Å². The van der Waals surface area contributed by atoms with Gasteiger partial charge in [0.05, 0.1) is 0 Å². The standard InChI is InChI=1S/C10H14N2O/c13-10-2-5-12(6-3-10)4-1-9-7-11-8-9/h2-3,5-6,9,11H,1,4,7-8H2. The van der Waals surface area contributed by atoms with Crippen molar-refractivity contribution in [2.24, 2.45) is 5.92 Å². The van der Waals surface area contributed by atoms with Gasteiger partial charge in [0, 0.05) is 31.1 Å². The summed E-state index contributed by atoms with van der Waals surface area (Å²) in [7, 11) is 0. The van der Waals surface area contributed by atoms with E-state index in [0.29, 0.717) is 0 Å². The van der Waals surface area contributed by atoms with Gasteiger partial charge >= 0.3 is 0 Å². The number of rotatable bonds is 3. The Morgan fingerprint density at radius 2 is 2.08 bits per heavy atom. The zero-order valence-corrected chi connectivity index (χ0v) is 7.57. The Kier molecular flexibility index (Phi) is 2.45. The SMILES string of the molecule is O=c1ccn(CCC2CNC2)cc1. The largest absolute Gasteiger partial charge is 0.354 e. The summed E-state index contributed by atoms with van der Waals surface area (Å²) in [5.74, 6) is 0.833. The molecule has 0 aliphatic carbocycles. The quantitative estimate of drug-likeness (QED) is 0.729. The van der Waals surface area contributed by atoms with Crippen molar-refractivity contribution < 1.29 is 0 Å². The zero-order chi connectivity index (χ0) is 9.10. The number of nitrogens with one attached hydrogen (secondary N) is 1. The molecule has 3 heteroatoms. The number of nitrogens with zero attached hydrogens (tertiary/aromatic N) is 1. The van der Waals surface area contributed by atoms with Gasteiger partial charge in [0.15, 0.2) is 5.43 Å². The molecule has 0 unspecified atom stereocenters. The summed E-state index contributed by atoms with van der Waals surface area (Å²) in [5, 5.41) is 3.25. The summed E-state index contributed by atoms with van der Waals surface area (Å²) in [4.78, 5) is 10.8. The molecule has 13 heavy (non-hydrogen) atoms. The fourth-order valence-electron chi connectivity index (χ4n) is 1.48. The first kappa shape index (κ1) is 8.51. The van der Waals surface area contributed by atoms with Crippen LogP contribution in [0.5, 0.6) is 0 Å². The molecule has 0 spiro atoms. The fraction of sp³-hybridized carbons (Fsp3) is 0.500. The maximum absolute atomic E-state index is 10.8. The lowest BCUT2D eigenvalue weighted by atomic mass is 10.00. The van der Waals surface area contributed by atoms with E-state index in [1.165, 1.54) is 6.42 Å². The summed E-state index contributed by atoms with van der Waals surface area (Å²) in [6, 6.07) is 3.22. The molecular formula is C10H14N2O. The van der Waals surface area contributed by atoms with E-state index in [4.69, 9.17) is 0 Å². The smallest absolute Gasteiger partial charge is 0.181 e. The van der Waals surface area contributed by atoms with Crippen LogP contribution in [0.15, 0.2) is 29.3 Å². The van der Waals surface area contributed by atoms with Gasteiger partial charge in [-0.15, -0.1) is 0 Å². The van der Waals surface area contributed by atoms with Crippen LogP contribution in [0.3, 0.4) is 0 Å². The van der Waals surface area contributed by atoms with Gasteiger partial charge in [-0.05, 0) is 25.4 Å². The molecule has 0 aromatic carbocycles. The highest BCUT2D eigenvalue weighted by atomic mass is 16.1. The van der Waals surface area contributed by atoms with Gasteiger partial charge < -0.3 is 9.88 Å². The second-order valence-electron chi connectivity index (χ2n) is 3.58. The van der Waals surface area contributed by atoms with E-state index >= 15 is 0 Å². The van der Waals surface area contributed by atoms with Gasteiger partial charge in [0.2, 0.25) is 0 Å².